The molecule has 0 radical (unpaired) electrons. The number of carboxylic acids is 1. The smallest absolute Gasteiger partial charge is 0.337 e. The normalized spacial score (nSPS) is 11.7. The minimum atomic E-state index is -1.03. The fourth-order valence-electron chi connectivity index (χ4n) is 2.96. The number of phenols is 2. The molecule has 0 amide bonds. The van der Waals surface area contributed by atoms with Gasteiger partial charge in [-0.2, -0.15) is 0 Å². The maximum Gasteiger partial charge on any atom is 0.337 e. The number of anilines is 2. The molecule has 3 aromatic rings. The predicted molar refractivity (Wildman–Crippen MR) is 95.8 cm³/mol. The third-order valence-electron chi connectivity index (χ3n) is 4.23. The van der Waals surface area contributed by atoms with Crippen LogP contribution in [0.5, 0.6) is 23.0 Å². The summed E-state index contributed by atoms with van der Waals surface area (Å²) in [4.78, 5) is 11.4. The number of para-hydroxylation sites is 1. The van der Waals surface area contributed by atoms with Crippen molar-refractivity contribution >= 4 is 17.3 Å². The molecule has 0 saturated carbocycles. The van der Waals surface area contributed by atoms with Gasteiger partial charge in [0.25, 0.3) is 0 Å². The van der Waals surface area contributed by atoms with Crippen molar-refractivity contribution < 1.29 is 24.9 Å². The van der Waals surface area contributed by atoms with E-state index in [1.807, 2.05) is 18.2 Å². The first-order valence-corrected chi connectivity index (χ1v) is 7.96. The van der Waals surface area contributed by atoms with Crippen LogP contribution in [0.3, 0.4) is 0 Å². The van der Waals surface area contributed by atoms with Crippen molar-refractivity contribution in [2.45, 2.75) is 6.42 Å². The van der Waals surface area contributed by atoms with Crippen LogP contribution in [-0.2, 0) is 6.42 Å². The molecular formula is C20H15NO5. The molecule has 0 saturated heterocycles. The van der Waals surface area contributed by atoms with Gasteiger partial charge in [0.1, 0.15) is 0 Å². The zero-order valence-electron chi connectivity index (χ0n) is 13.6. The van der Waals surface area contributed by atoms with Crippen LogP contribution in [0, 0.1) is 0 Å². The molecule has 0 aromatic heterocycles. The number of aromatic hydroxyl groups is 2. The Balaban J connectivity index is 1.65. The standard InChI is InChI=1S/C20H15NO5/c22-15-6-4-12(10-16(15)23)8-11-5-7-17-14(9-11)21-19-13(20(24)25)2-1-3-18(19)26-17/h1-7,9-10,21-23H,8H2,(H,24,25). The van der Waals surface area contributed by atoms with Crippen LogP contribution in [-0.4, -0.2) is 21.3 Å². The van der Waals surface area contributed by atoms with E-state index in [0.29, 0.717) is 29.3 Å². The maximum absolute atomic E-state index is 11.4. The number of phenolic OH excluding ortho intramolecular Hbond substituents is 2. The van der Waals surface area contributed by atoms with E-state index in [2.05, 4.69) is 5.32 Å². The third-order valence-corrected chi connectivity index (χ3v) is 4.23. The summed E-state index contributed by atoms with van der Waals surface area (Å²) in [5, 5.41) is 31.5. The second-order valence-electron chi connectivity index (χ2n) is 6.04. The third kappa shape index (κ3) is 2.77. The lowest BCUT2D eigenvalue weighted by atomic mass is 10.0. The summed E-state index contributed by atoms with van der Waals surface area (Å²) >= 11 is 0. The van der Waals surface area contributed by atoms with Crippen molar-refractivity contribution in [2.75, 3.05) is 5.32 Å². The fourth-order valence-corrected chi connectivity index (χ4v) is 2.96. The lowest BCUT2D eigenvalue weighted by Gasteiger charge is -2.23. The molecule has 6 heteroatoms. The number of carbonyl (C=O) groups is 1. The fraction of sp³-hybridized carbons (Fsp3) is 0.0500. The van der Waals surface area contributed by atoms with Crippen LogP contribution in [0.4, 0.5) is 11.4 Å². The number of nitrogens with one attached hydrogen (secondary N) is 1. The van der Waals surface area contributed by atoms with E-state index < -0.39 is 5.97 Å². The highest BCUT2D eigenvalue weighted by Crippen LogP contribution is 2.44. The molecule has 0 fully saturated rings. The van der Waals surface area contributed by atoms with Crippen LogP contribution in [0.2, 0.25) is 0 Å². The minimum absolute atomic E-state index is 0.141. The van der Waals surface area contributed by atoms with Crippen molar-refractivity contribution in [1.29, 1.82) is 0 Å². The number of hydrogen-bond acceptors (Lipinski definition) is 5. The van der Waals surface area contributed by atoms with Gasteiger partial charge in [-0.3, -0.25) is 0 Å². The summed E-state index contributed by atoms with van der Waals surface area (Å²) in [5.74, 6) is -0.280. The van der Waals surface area contributed by atoms with E-state index in [1.165, 1.54) is 18.2 Å². The van der Waals surface area contributed by atoms with E-state index in [-0.39, 0.29) is 17.1 Å². The summed E-state index contributed by atoms with van der Waals surface area (Å²) in [6.45, 7) is 0. The first kappa shape index (κ1) is 15.8. The Hall–Kier alpha value is -3.67. The molecule has 4 rings (SSSR count). The largest absolute Gasteiger partial charge is 0.504 e. The topological polar surface area (TPSA) is 99.0 Å². The van der Waals surface area contributed by atoms with Crippen LogP contribution in [0.1, 0.15) is 21.5 Å². The van der Waals surface area contributed by atoms with Gasteiger partial charge < -0.3 is 25.4 Å². The molecule has 4 N–H and O–H groups in total. The highest BCUT2D eigenvalue weighted by molar-refractivity contribution is 5.98. The molecule has 3 aromatic carbocycles. The predicted octanol–water partition coefficient (Wildman–Crippen LogP) is 4.24. The van der Waals surface area contributed by atoms with Gasteiger partial charge >= 0.3 is 5.97 Å². The molecule has 1 aliphatic heterocycles. The second-order valence-corrected chi connectivity index (χ2v) is 6.04. The van der Waals surface area contributed by atoms with Crippen molar-refractivity contribution in [1.82, 2.24) is 0 Å². The van der Waals surface area contributed by atoms with E-state index in [0.717, 1.165) is 11.1 Å². The summed E-state index contributed by atoms with van der Waals surface area (Å²) in [5.41, 5.74) is 3.02. The minimum Gasteiger partial charge on any atom is -0.504 e. The zero-order valence-corrected chi connectivity index (χ0v) is 13.6. The summed E-state index contributed by atoms with van der Waals surface area (Å²) in [6, 6.07) is 15.1. The van der Waals surface area contributed by atoms with Gasteiger partial charge in [-0.25, -0.2) is 4.79 Å². The van der Waals surface area contributed by atoms with E-state index in [9.17, 15) is 20.1 Å². The molecule has 0 aliphatic carbocycles. The average molecular weight is 349 g/mol. The molecule has 130 valence electrons. The van der Waals surface area contributed by atoms with E-state index in [1.54, 1.807) is 18.2 Å². The summed E-state index contributed by atoms with van der Waals surface area (Å²) in [6.07, 6.45) is 0.538. The highest BCUT2D eigenvalue weighted by atomic mass is 16.5. The number of ether oxygens (including phenoxy) is 1. The SMILES string of the molecule is O=C(O)c1cccc2c1Nc1cc(Cc3ccc(O)c(O)c3)ccc1O2. The van der Waals surface area contributed by atoms with Gasteiger partial charge in [-0.1, -0.05) is 18.2 Å². The Morgan fingerprint density at radius 3 is 2.46 bits per heavy atom. The van der Waals surface area contributed by atoms with Crippen LogP contribution in [0.25, 0.3) is 0 Å². The first-order valence-electron chi connectivity index (χ1n) is 7.96. The highest BCUT2D eigenvalue weighted by Gasteiger charge is 2.22. The molecule has 26 heavy (non-hydrogen) atoms. The molecule has 1 heterocycles. The Labute approximate surface area is 148 Å². The molecule has 0 atom stereocenters. The molecule has 0 spiro atoms. The van der Waals surface area contributed by atoms with Gasteiger partial charge in [0, 0.05) is 0 Å². The van der Waals surface area contributed by atoms with E-state index in [4.69, 9.17) is 4.74 Å². The number of rotatable bonds is 3. The van der Waals surface area contributed by atoms with Gasteiger partial charge in [-0.05, 0) is 53.9 Å². The lowest BCUT2D eigenvalue weighted by molar-refractivity contribution is 0.0697. The Morgan fingerprint density at radius 2 is 1.69 bits per heavy atom. The van der Waals surface area contributed by atoms with Crippen LogP contribution < -0.4 is 10.1 Å². The van der Waals surface area contributed by atoms with Crippen LogP contribution in [0.15, 0.2) is 54.6 Å². The average Bonchev–Trinajstić information content (AvgIpc) is 2.62. The Bertz CT molecular complexity index is 1030. The molecule has 1 aliphatic rings. The number of benzene rings is 3. The quantitative estimate of drug-likeness (QED) is 0.413. The van der Waals surface area contributed by atoms with Gasteiger partial charge in [0.2, 0.25) is 0 Å². The number of hydrogen-bond donors (Lipinski definition) is 4. The maximum atomic E-state index is 11.4. The van der Waals surface area contributed by atoms with Crippen molar-refractivity contribution in [3.63, 3.8) is 0 Å². The Morgan fingerprint density at radius 1 is 0.923 bits per heavy atom. The van der Waals surface area contributed by atoms with Crippen molar-refractivity contribution in [3.8, 4) is 23.0 Å². The second kappa shape index (κ2) is 6.00. The van der Waals surface area contributed by atoms with Crippen molar-refractivity contribution in [3.05, 3.63) is 71.3 Å². The monoisotopic (exact) mass is 349 g/mol. The molecule has 0 unspecified atom stereocenters. The first-order chi connectivity index (χ1) is 12.5. The number of carboxylic acid groups (broad SMARTS) is 1. The Kier molecular flexibility index (Phi) is 3.65. The summed E-state index contributed by atoms with van der Waals surface area (Å²) < 4.78 is 5.81. The van der Waals surface area contributed by atoms with Crippen LogP contribution >= 0.6 is 0 Å². The number of fused-ring (bicyclic) bond motifs is 2. The molecule has 0 bridgehead atoms. The zero-order chi connectivity index (χ0) is 18.3. The van der Waals surface area contributed by atoms with Crippen molar-refractivity contribution in [2.24, 2.45) is 0 Å². The van der Waals surface area contributed by atoms with Gasteiger partial charge in [-0.15, -0.1) is 0 Å². The number of aromatic carboxylic acids is 1. The molecule has 6 nitrogen and oxygen atoms in total. The van der Waals surface area contributed by atoms with E-state index >= 15 is 0 Å². The molecular weight excluding hydrogens is 334 g/mol. The summed E-state index contributed by atoms with van der Waals surface area (Å²) in [7, 11) is 0. The lowest BCUT2D eigenvalue weighted by Crippen LogP contribution is -2.09. The van der Waals surface area contributed by atoms with Gasteiger partial charge in [0.05, 0.1) is 16.9 Å². The van der Waals surface area contributed by atoms with Gasteiger partial charge in [0.15, 0.2) is 23.0 Å².